The molecule has 0 saturated carbocycles. The Morgan fingerprint density at radius 3 is 2.23 bits per heavy atom. The van der Waals surface area contributed by atoms with Gasteiger partial charge in [-0.25, -0.2) is 0 Å². The molecule has 2 N–H and O–H groups in total. The van der Waals surface area contributed by atoms with E-state index in [2.05, 4.69) is 29.4 Å². The number of rotatable bonds is 12. The van der Waals surface area contributed by atoms with Crippen molar-refractivity contribution in [3.63, 3.8) is 0 Å². The van der Waals surface area contributed by atoms with E-state index in [1.54, 1.807) is 37.1 Å². The van der Waals surface area contributed by atoms with Gasteiger partial charge in [0.1, 0.15) is 6.04 Å². The maximum absolute atomic E-state index is 13.7. The van der Waals surface area contributed by atoms with Crippen LogP contribution in [0.25, 0.3) is 0 Å². The Hall–Kier alpha value is -3.27. The van der Waals surface area contributed by atoms with E-state index in [1.165, 1.54) is 12.1 Å². The molecule has 1 aliphatic heterocycles. The van der Waals surface area contributed by atoms with Gasteiger partial charge in [0.25, 0.3) is 5.69 Å². The summed E-state index contributed by atoms with van der Waals surface area (Å²) in [7, 11) is 1.72. The first-order chi connectivity index (χ1) is 18.7. The van der Waals surface area contributed by atoms with Crippen molar-refractivity contribution < 1.29 is 19.3 Å². The molecule has 10 nitrogen and oxygen atoms in total. The van der Waals surface area contributed by atoms with E-state index < -0.39 is 11.0 Å². The van der Waals surface area contributed by atoms with Crippen molar-refractivity contribution in [1.29, 1.82) is 0 Å². The zero-order valence-corrected chi connectivity index (χ0v) is 25.3. The van der Waals surface area contributed by atoms with Crippen LogP contribution < -0.4 is 10.6 Å². The lowest BCUT2D eigenvalue weighted by Crippen LogP contribution is -2.58. The standard InChI is InChI=1S/C30H47N5O5/c1-19(2)26(17-22(7)28(36)31-18-23-12-14-24(15-13-23)35(39)40)33(8)30(38)27(20(3)4)32-29(37)25-11-9-10-16-34(25)21(5)6/h12-15,17,19-21,25-27H,9-11,16,18H2,1-8H3,(H,31,36)(H,32,37)/b22-17+/t25-,26?,27+/m1/s1. The highest BCUT2D eigenvalue weighted by atomic mass is 16.6. The summed E-state index contributed by atoms with van der Waals surface area (Å²) in [6.07, 6.45) is 4.63. The second-order valence-electron chi connectivity index (χ2n) is 11.7. The van der Waals surface area contributed by atoms with Crippen LogP contribution in [0.4, 0.5) is 5.69 Å². The number of carbonyl (C=O) groups excluding carboxylic acids is 3. The highest BCUT2D eigenvalue weighted by Crippen LogP contribution is 2.21. The molecule has 10 heteroatoms. The van der Waals surface area contributed by atoms with E-state index in [4.69, 9.17) is 0 Å². The van der Waals surface area contributed by atoms with Crippen LogP contribution in [0, 0.1) is 22.0 Å². The fraction of sp³-hybridized carbons (Fsp3) is 0.633. The normalized spacial score (nSPS) is 18.0. The predicted octanol–water partition coefficient (Wildman–Crippen LogP) is 4.04. The SMILES string of the molecule is C/C(=C\C(C(C)C)N(C)C(=O)[C@@H](NC(=O)[C@H]1CCCCN1C(C)C)C(C)C)C(=O)NCc1ccc([N+](=O)[O-])cc1. The number of nitro groups is 1. The lowest BCUT2D eigenvalue weighted by Gasteiger charge is -2.39. The number of nitro benzene ring substituents is 1. The molecule has 0 bridgehead atoms. The number of amides is 3. The number of likely N-dealkylation sites (tertiary alicyclic amines) is 1. The Kier molecular flexibility index (Phi) is 12.3. The molecule has 1 fully saturated rings. The number of nitrogens with one attached hydrogen (secondary N) is 2. The van der Waals surface area contributed by atoms with Gasteiger partial charge in [-0.2, -0.15) is 0 Å². The molecular formula is C30H47N5O5. The summed E-state index contributed by atoms with van der Waals surface area (Å²) in [5.74, 6) is -0.677. The largest absolute Gasteiger partial charge is 0.348 e. The van der Waals surface area contributed by atoms with Gasteiger partial charge >= 0.3 is 0 Å². The number of likely N-dealkylation sites (N-methyl/N-ethyl adjacent to an activating group) is 1. The number of hydrogen-bond acceptors (Lipinski definition) is 6. The third-order valence-corrected chi connectivity index (χ3v) is 7.60. The summed E-state index contributed by atoms with van der Waals surface area (Å²) < 4.78 is 0. The number of non-ortho nitro benzene ring substituents is 1. The predicted molar refractivity (Wildman–Crippen MR) is 156 cm³/mol. The van der Waals surface area contributed by atoms with Crippen molar-refractivity contribution >= 4 is 23.4 Å². The number of carbonyl (C=O) groups is 3. The van der Waals surface area contributed by atoms with E-state index in [0.29, 0.717) is 5.57 Å². The monoisotopic (exact) mass is 557 g/mol. The van der Waals surface area contributed by atoms with Crippen molar-refractivity contribution in [3.05, 3.63) is 51.6 Å². The molecule has 1 aromatic rings. The van der Waals surface area contributed by atoms with Crippen LogP contribution in [0.15, 0.2) is 35.9 Å². The third-order valence-electron chi connectivity index (χ3n) is 7.60. The van der Waals surface area contributed by atoms with Gasteiger partial charge in [-0.15, -0.1) is 0 Å². The van der Waals surface area contributed by atoms with Gasteiger partial charge in [0.15, 0.2) is 0 Å². The molecule has 0 spiro atoms. The van der Waals surface area contributed by atoms with Crippen LogP contribution in [0.1, 0.15) is 73.3 Å². The van der Waals surface area contributed by atoms with Crippen LogP contribution in [0.5, 0.6) is 0 Å². The zero-order valence-electron chi connectivity index (χ0n) is 25.3. The van der Waals surface area contributed by atoms with Crippen LogP contribution in [0.2, 0.25) is 0 Å². The van der Waals surface area contributed by atoms with E-state index >= 15 is 0 Å². The average molecular weight is 558 g/mol. The Labute approximate surface area is 238 Å². The van der Waals surface area contributed by atoms with Gasteiger partial charge in [0.2, 0.25) is 17.7 Å². The van der Waals surface area contributed by atoms with Crippen LogP contribution in [0.3, 0.4) is 0 Å². The molecular weight excluding hydrogens is 510 g/mol. The van der Waals surface area contributed by atoms with Crippen molar-refractivity contribution in [2.45, 2.75) is 98.4 Å². The second kappa shape index (κ2) is 14.9. The number of piperidine rings is 1. The second-order valence-corrected chi connectivity index (χ2v) is 11.7. The summed E-state index contributed by atoms with van der Waals surface area (Å²) in [6.45, 7) is 14.8. The lowest BCUT2D eigenvalue weighted by molar-refractivity contribution is -0.384. The highest BCUT2D eigenvalue weighted by Gasteiger charge is 2.36. The first-order valence-electron chi connectivity index (χ1n) is 14.3. The number of nitrogens with zero attached hydrogens (tertiary/aromatic N) is 3. The summed E-state index contributed by atoms with van der Waals surface area (Å²) >= 11 is 0. The third kappa shape index (κ3) is 8.87. The lowest BCUT2D eigenvalue weighted by atomic mass is 9.95. The molecule has 3 atom stereocenters. The first-order valence-corrected chi connectivity index (χ1v) is 14.3. The quantitative estimate of drug-likeness (QED) is 0.227. The Balaban J connectivity index is 2.12. The van der Waals surface area contributed by atoms with Crippen molar-refractivity contribution in [1.82, 2.24) is 20.4 Å². The molecule has 0 aliphatic carbocycles. The summed E-state index contributed by atoms with van der Waals surface area (Å²) in [6, 6.07) is 4.98. The maximum Gasteiger partial charge on any atom is 0.269 e. The van der Waals surface area contributed by atoms with Crippen LogP contribution in [-0.4, -0.2) is 70.2 Å². The van der Waals surface area contributed by atoms with Gasteiger partial charge in [-0.05, 0) is 57.6 Å². The maximum atomic E-state index is 13.7. The van der Waals surface area contributed by atoms with Crippen molar-refractivity contribution in [3.8, 4) is 0 Å². The molecule has 1 heterocycles. The fourth-order valence-corrected chi connectivity index (χ4v) is 5.12. The topological polar surface area (TPSA) is 125 Å². The smallest absolute Gasteiger partial charge is 0.269 e. The molecule has 0 aromatic heterocycles. The van der Waals surface area contributed by atoms with Crippen molar-refractivity contribution in [2.75, 3.05) is 13.6 Å². The molecule has 1 aromatic carbocycles. The van der Waals surface area contributed by atoms with Crippen LogP contribution in [-0.2, 0) is 20.9 Å². The van der Waals surface area contributed by atoms with Crippen LogP contribution >= 0.6 is 0 Å². The first kappa shape index (κ1) is 32.9. The Bertz CT molecular complexity index is 1070. The number of hydrogen-bond donors (Lipinski definition) is 2. The van der Waals surface area contributed by atoms with E-state index in [0.717, 1.165) is 31.4 Å². The molecule has 1 saturated heterocycles. The summed E-state index contributed by atoms with van der Waals surface area (Å²) in [5.41, 5.74) is 1.19. The fourth-order valence-electron chi connectivity index (χ4n) is 5.12. The van der Waals surface area contributed by atoms with Crippen molar-refractivity contribution in [2.24, 2.45) is 11.8 Å². The van der Waals surface area contributed by atoms with Gasteiger partial charge in [0.05, 0.1) is 17.0 Å². The summed E-state index contributed by atoms with van der Waals surface area (Å²) in [4.78, 5) is 54.1. The summed E-state index contributed by atoms with van der Waals surface area (Å²) in [5, 5.41) is 16.7. The zero-order chi connectivity index (χ0) is 30.1. The van der Waals surface area contributed by atoms with E-state index in [1.807, 2.05) is 27.7 Å². The minimum atomic E-state index is -0.681. The molecule has 1 aliphatic rings. The minimum Gasteiger partial charge on any atom is -0.348 e. The number of benzene rings is 1. The Morgan fingerprint density at radius 2 is 1.70 bits per heavy atom. The van der Waals surface area contributed by atoms with Gasteiger partial charge in [-0.3, -0.25) is 29.4 Å². The molecule has 222 valence electrons. The average Bonchev–Trinajstić information content (AvgIpc) is 2.91. The van der Waals surface area contributed by atoms with Gasteiger partial charge in [0, 0.05) is 37.3 Å². The van der Waals surface area contributed by atoms with Gasteiger partial charge < -0.3 is 15.5 Å². The molecule has 40 heavy (non-hydrogen) atoms. The molecule has 1 unspecified atom stereocenters. The van der Waals surface area contributed by atoms with Gasteiger partial charge in [-0.1, -0.05) is 52.3 Å². The molecule has 3 amide bonds. The minimum absolute atomic E-state index is 0.00878. The van der Waals surface area contributed by atoms with E-state index in [9.17, 15) is 24.5 Å². The molecule has 0 radical (unpaired) electrons. The highest BCUT2D eigenvalue weighted by molar-refractivity contribution is 5.93. The molecule has 2 rings (SSSR count). The Morgan fingerprint density at radius 1 is 1.07 bits per heavy atom. The van der Waals surface area contributed by atoms with E-state index in [-0.39, 0.29) is 59.9 Å².